The molecular formula is C16H24N2O. The Kier molecular flexibility index (Phi) is 3.59. The van der Waals surface area contributed by atoms with Gasteiger partial charge in [0.05, 0.1) is 6.10 Å². The van der Waals surface area contributed by atoms with Gasteiger partial charge in [-0.15, -0.1) is 0 Å². The summed E-state index contributed by atoms with van der Waals surface area (Å²) in [6.45, 7) is 6.22. The molecule has 2 aliphatic rings. The largest absolute Gasteiger partial charge is 0.391 e. The number of likely N-dealkylation sites (tertiary alicyclic amines) is 1. The fraction of sp³-hybridized carbons (Fsp3) is 0.688. The highest BCUT2D eigenvalue weighted by molar-refractivity contribution is 5.34. The number of aliphatic hydroxyl groups is 1. The molecule has 0 saturated carbocycles. The summed E-state index contributed by atoms with van der Waals surface area (Å²) >= 11 is 0. The molecule has 19 heavy (non-hydrogen) atoms. The van der Waals surface area contributed by atoms with Crippen LogP contribution in [0.25, 0.3) is 0 Å². The van der Waals surface area contributed by atoms with Crippen LogP contribution in [0, 0.1) is 6.92 Å². The van der Waals surface area contributed by atoms with Gasteiger partial charge in [0, 0.05) is 30.5 Å². The van der Waals surface area contributed by atoms with E-state index >= 15 is 0 Å². The van der Waals surface area contributed by atoms with Crippen LogP contribution in [-0.4, -0.2) is 33.7 Å². The first-order valence-corrected chi connectivity index (χ1v) is 7.55. The zero-order chi connectivity index (χ0) is 13.4. The highest BCUT2D eigenvalue weighted by atomic mass is 16.3. The number of aryl methyl sites for hydroxylation is 2. The summed E-state index contributed by atoms with van der Waals surface area (Å²) in [5.41, 5.74) is 5.41. The van der Waals surface area contributed by atoms with Gasteiger partial charge >= 0.3 is 0 Å². The molecule has 0 amide bonds. The number of pyridine rings is 1. The lowest BCUT2D eigenvalue weighted by Crippen LogP contribution is -2.32. The van der Waals surface area contributed by atoms with Gasteiger partial charge in [0.15, 0.2) is 0 Å². The second-order valence-electron chi connectivity index (χ2n) is 6.12. The lowest BCUT2D eigenvalue weighted by atomic mass is 9.91. The lowest BCUT2D eigenvalue weighted by Gasteiger charge is -2.26. The zero-order valence-electron chi connectivity index (χ0n) is 12.0. The van der Waals surface area contributed by atoms with E-state index < -0.39 is 0 Å². The smallest absolute Gasteiger partial charge is 0.0705 e. The fourth-order valence-electron chi connectivity index (χ4n) is 3.51. The van der Waals surface area contributed by atoms with E-state index in [-0.39, 0.29) is 12.1 Å². The molecule has 1 saturated heterocycles. The Morgan fingerprint density at radius 3 is 2.89 bits per heavy atom. The standard InChI is InChI=1S/C16H24N2O/c1-11-9-13(10-18-8-7-16(19)12(18)2)14-5-3-4-6-15(14)17-11/h9,12,16,19H,3-8,10H2,1-2H3/t12-,16-/m1/s1. The van der Waals surface area contributed by atoms with Crippen molar-refractivity contribution in [1.29, 1.82) is 0 Å². The molecule has 1 aliphatic carbocycles. The Morgan fingerprint density at radius 2 is 2.16 bits per heavy atom. The summed E-state index contributed by atoms with van der Waals surface area (Å²) < 4.78 is 0. The van der Waals surface area contributed by atoms with E-state index in [0.29, 0.717) is 0 Å². The summed E-state index contributed by atoms with van der Waals surface area (Å²) in [6, 6.07) is 2.54. The first kappa shape index (κ1) is 13.1. The van der Waals surface area contributed by atoms with Crippen LogP contribution in [0.5, 0.6) is 0 Å². The molecule has 0 spiro atoms. The van der Waals surface area contributed by atoms with Gasteiger partial charge in [-0.25, -0.2) is 0 Å². The van der Waals surface area contributed by atoms with E-state index in [9.17, 15) is 5.11 Å². The summed E-state index contributed by atoms with van der Waals surface area (Å²) in [7, 11) is 0. The Balaban J connectivity index is 1.86. The molecule has 0 unspecified atom stereocenters. The van der Waals surface area contributed by atoms with Crippen LogP contribution >= 0.6 is 0 Å². The highest BCUT2D eigenvalue weighted by Gasteiger charge is 2.29. The van der Waals surface area contributed by atoms with Crippen molar-refractivity contribution in [3.63, 3.8) is 0 Å². The number of rotatable bonds is 2. The predicted octanol–water partition coefficient (Wildman–Crippen LogP) is 2.22. The molecule has 0 bridgehead atoms. The molecule has 2 atom stereocenters. The highest BCUT2D eigenvalue weighted by Crippen LogP contribution is 2.27. The third kappa shape index (κ3) is 2.54. The van der Waals surface area contributed by atoms with Crippen LogP contribution in [0.1, 0.15) is 48.7 Å². The monoisotopic (exact) mass is 260 g/mol. The lowest BCUT2D eigenvalue weighted by molar-refractivity contribution is 0.123. The average Bonchev–Trinajstić information content (AvgIpc) is 2.70. The van der Waals surface area contributed by atoms with Crippen LogP contribution < -0.4 is 0 Å². The normalized spacial score (nSPS) is 27.5. The second kappa shape index (κ2) is 5.22. The molecule has 3 heteroatoms. The van der Waals surface area contributed by atoms with Crippen LogP contribution in [0.3, 0.4) is 0 Å². The van der Waals surface area contributed by atoms with Crippen molar-refractivity contribution in [1.82, 2.24) is 9.88 Å². The van der Waals surface area contributed by atoms with Gasteiger partial charge in [-0.2, -0.15) is 0 Å². The summed E-state index contributed by atoms with van der Waals surface area (Å²) in [5, 5.41) is 9.89. The average molecular weight is 260 g/mol. The van der Waals surface area contributed by atoms with Crippen LogP contribution in [0.15, 0.2) is 6.07 Å². The van der Waals surface area contributed by atoms with E-state index in [0.717, 1.165) is 31.6 Å². The molecule has 1 aromatic rings. The number of fused-ring (bicyclic) bond motifs is 1. The molecule has 1 N–H and O–H groups in total. The van der Waals surface area contributed by atoms with Crippen molar-refractivity contribution in [2.75, 3.05) is 6.54 Å². The van der Waals surface area contributed by atoms with Crippen molar-refractivity contribution in [3.8, 4) is 0 Å². The van der Waals surface area contributed by atoms with E-state index in [1.165, 1.54) is 36.1 Å². The molecule has 2 heterocycles. The van der Waals surface area contributed by atoms with Gasteiger partial charge in [0.25, 0.3) is 0 Å². The van der Waals surface area contributed by atoms with E-state index in [4.69, 9.17) is 4.98 Å². The number of aromatic nitrogens is 1. The molecule has 3 nitrogen and oxygen atoms in total. The second-order valence-corrected chi connectivity index (χ2v) is 6.12. The van der Waals surface area contributed by atoms with Crippen molar-refractivity contribution in [3.05, 3.63) is 28.6 Å². The molecule has 0 aromatic carbocycles. The SMILES string of the molecule is Cc1cc(CN2CC[C@@H](O)[C@H]2C)c2c(n1)CCCC2. The minimum Gasteiger partial charge on any atom is -0.391 e. The van der Waals surface area contributed by atoms with Crippen molar-refractivity contribution in [2.45, 2.75) is 64.6 Å². The molecule has 104 valence electrons. The number of hydrogen-bond donors (Lipinski definition) is 1. The summed E-state index contributed by atoms with van der Waals surface area (Å²) in [4.78, 5) is 7.13. The molecule has 1 aromatic heterocycles. The number of hydrogen-bond acceptors (Lipinski definition) is 3. The van der Waals surface area contributed by atoms with Crippen molar-refractivity contribution >= 4 is 0 Å². The third-order valence-corrected chi connectivity index (χ3v) is 4.74. The maximum atomic E-state index is 9.89. The molecular weight excluding hydrogens is 236 g/mol. The van der Waals surface area contributed by atoms with Gasteiger partial charge in [0.2, 0.25) is 0 Å². The van der Waals surface area contributed by atoms with Crippen molar-refractivity contribution in [2.24, 2.45) is 0 Å². The van der Waals surface area contributed by atoms with Gasteiger partial charge in [0.1, 0.15) is 0 Å². The van der Waals surface area contributed by atoms with Gasteiger partial charge < -0.3 is 5.11 Å². The van der Waals surface area contributed by atoms with E-state index in [1.54, 1.807) is 0 Å². The minimum absolute atomic E-state index is 0.154. The van der Waals surface area contributed by atoms with Crippen LogP contribution in [0.2, 0.25) is 0 Å². The topological polar surface area (TPSA) is 36.4 Å². The fourth-order valence-corrected chi connectivity index (χ4v) is 3.51. The molecule has 1 fully saturated rings. The number of nitrogens with zero attached hydrogens (tertiary/aromatic N) is 2. The molecule has 3 rings (SSSR count). The van der Waals surface area contributed by atoms with Crippen molar-refractivity contribution < 1.29 is 5.11 Å². The first-order chi connectivity index (χ1) is 9.15. The Bertz CT molecular complexity index is 472. The minimum atomic E-state index is -0.154. The van der Waals surface area contributed by atoms with E-state index in [1.807, 2.05) is 0 Å². The summed E-state index contributed by atoms with van der Waals surface area (Å²) in [6.07, 6.45) is 5.65. The van der Waals surface area contributed by atoms with Crippen LogP contribution in [-0.2, 0) is 19.4 Å². The van der Waals surface area contributed by atoms with Gasteiger partial charge in [-0.3, -0.25) is 9.88 Å². The quantitative estimate of drug-likeness (QED) is 0.886. The van der Waals surface area contributed by atoms with Gasteiger partial charge in [-0.05, 0) is 63.1 Å². The maximum absolute atomic E-state index is 9.89. The maximum Gasteiger partial charge on any atom is 0.0705 e. The number of aliphatic hydroxyl groups excluding tert-OH is 1. The molecule has 0 radical (unpaired) electrons. The summed E-state index contributed by atoms with van der Waals surface area (Å²) in [5.74, 6) is 0. The first-order valence-electron chi connectivity index (χ1n) is 7.55. The van der Waals surface area contributed by atoms with Gasteiger partial charge in [-0.1, -0.05) is 0 Å². The third-order valence-electron chi connectivity index (χ3n) is 4.74. The molecule has 1 aliphatic heterocycles. The Labute approximate surface area is 115 Å². The van der Waals surface area contributed by atoms with Crippen LogP contribution in [0.4, 0.5) is 0 Å². The zero-order valence-corrected chi connectivity index (χ0v) is 12.0. The Morgan fingerprint density at radius 1 is 1.37 bits per heavy atom. The predicted molar refractivity (Wildman–Crippen MR) is 76.1 cm³/mol. The van der Waals surface area contributed by atoms with E-state index in [2.05, 4.69) is 24.8 Å². The Hall–Kier alpha value is -0.930.